The molecular weight excluding hydrogens is 412 g/mol. The van der Waals surface area contributed by atoms with Gasteiger partial charge < -0.3 is 5.32 Å². The lowest BCUT2D eigenvalue weighted by Gasteiger charge is -2.02. The fourth-order valence-corrected chi connectivity index (χ4v) is 3.27. The van der Waals surface area contributed by atoms with Gasteiger partial charge in [-0.1, -0.05) is 0 Å². The van der Waals surface area contributed by atoms with E-state index in [1.54, 1.807) is 27.7 Å². The molecule has 4 aromatic heterocycles. The third-order valence-corrected chi connectivity index (χ3v) is 4.67. The van der Waals surface area contributed by atoms with E-state index in [0.29, 0.717) is 17.9 Å². The summed E-state index contributed by atoms with van der Waals surface area (Å²) in [5.74, 6) is -0.270. The molecule has 0 aromatic carbocycles. The fraction of sp³-hybridized carbons (Fsp3) is 0.235. The summed E-state index contributed by atoms with van der Waals surface area (Å²) in [4.78, 5) is 16.8. The molecule has 0 fully saturated rings. The molecule has 0 aliphatic rings. The van der Waals surface area contributed by atoms with Crippen molar-refractivity contribution in [1.82, 2.24) is 39.5 Å². The van der Waals surface area contributed by atoms with Crippen LogP contribution in [0.1, 0.15) is 23.0 Å². The smallest absolute Gasteiger partial charge is 0.272 e. The van der Waals surface area contributed by atoms with Crippen molar-refractivity contribution in [2.45, 2.75) is 20.0 Å². The molecule has 27 heavy (non-hydrogen) atoms. The van der Waals surface area contributed by atoms with Crippen LogP contribution in [-0.4, -0.2) is 40.1 Å². The Bertz CT molecular complexity index is 1130. The van der Waals surface area contributed by atoms with Gasteiger partial charge in [-0.2, -0.15) is 15.3 Å². The van der Waals surface area contributed by atoms with E-state index in [-0.39, 0.29) is 5.91 Å². The molecule has 0 atom stereocenters. The van der Waals surface area contributed by atoms with Crippen LogP contribution >= 0.6 is 15.9 Å². The standard InChI is InChI=1S/C17H17BrN8O/c1-3-25-10-12(18)16(23-25)14-4-5-19-15-6-13(22-26(14)15)17(27)20-7-11-8-21-24(2)9-11/h4-6,8-10H,3,7H2,1-2H3,(H,20,27). The van der Waals surface area contributed by atoms with Crippen LogP contribution in [0.3, 0.4) is 0 Å². The van der Waals surface area contributed by atoms with Crippen LogP contribution < -0.4 is 5.32 Å². The van der Waals surface area contributed by atoms with Crippen LogP contribution in [-0.2, 0) is 20.1 Å². The van der Waals surface area contributed by atoms with Gasteiger partial charge in [-0.15, -0.1) is 0 Å². The molecule has 0 unspecified atom stereocenters. The fourth-order valence-electron chi connectivity index (χ4n) is 2.75. The first-order valence-electron chi connectivity index (χ1n) is 8.39. The predicted molar refractivity (Wildman–Crippen MR) is 102 cm³/mol. The molecule has 4 rings (SSSR count). The predicted octanol–water partition coefficient (Wildman–Crippen LogP) is 2.04. The van der Waals surface area contributed by atoms with E-state index < -0.39 is 0 Å². The van der Waals surface area contributed by atoms with Crippen molar-refractivity contribution in [3.05, 3.63) is 52.7 Å². The normalized spacial score (nSPS) is 11.2. The van der Waals surface area contributed by atoms with E-state index in [1.165, 1.54) is 0 Å². The van der Waals surface area contributed by atoms with Crippen LogP contribution in [0.5, 0.6) is 0 Å². The Morgan fingerprint density at radius 3 is 2.85 bits per heavy atom. The SMILES string of the molecule is CCn1cc(Br)c(-c2ccnc3cc(C(=O)NCc4cnn(C)c4)nn23)n1. The number of hydrogen-bond acceptors (Lipinski definition) is 5. The lowest BCUT2D eigenvalue weighted by molar-refractivity contribution is 0.0945. The number of aryl methyl sites for hydroxylation is 2. The minimum absolute atomic E-state index is 0.270. The molecule has 0 aliphatic carbocycles. The van der Waals surface area contributed by atoms with E-state index in [1.807, 2.05) is 37.1 Å². The maximum atomic E-state index is 12.5. The van der Waals surface area contributed by atoms with Gasteiger partial charge >= 0.3 is 0 Å². The van der Waals surface area contributed by atoms with E-state index in [2.05, 4.69) is 41.5 Å². The van der Waals surface area contributed by atoms with Crippen LogP contribution in [0, 0.1) is 0 Å². The summed E-state index contributed by atoms with van der Waals surface area (Å²) >= 11 is 3.54. The number of nitrogens with one attached hydrogen (secondary N) is 1. The highest BCUT2D eigenvalue weighted by Gasteiger charge is 2.17. The van der Waals surface area contributed by atoms with Crippen LogP contribution in [0.15, 0.2) is 41.4 Å². The first-order valence-corrected chi connectivity index (χ1v) is 9.18. The van der Waals surface area contributed by atoms with E-state index in [0.717, 1.165) is 28.0 Å². The van der Waals surface area contributed by atoms with Crippen LogP contribution in [0.2, 0.25) is 0 Å². The number of rotatable bonds is 5. The van der Waals surface area contributed by atoms with Gasteiger partial charge in [-0.3, -0.25) is 14.2 Å². The second kappa shape index (κ2) is 6.95. The van der Waals surface area contributed by atoms with E-state index in [4.69, 9.17) is 0 Å². The number of carbonyl (C=O) groups is 1. The number of halogens is 1. The molecule has 4 heterocycles. The molecule has 138 valence electrons. The van der Waals surface area contributed by atoms with Crippen molar-refractivity contribution in [3.63, 3.8) is 0 Å². The number of hydrogen-bond donors (Lipinski definition) is 1. The summed E-state index contributed by atoms with van der Waals surface area (Å²) in [5, 5.41) is 15.9. The number of carbonyl (C=O) groups excluding carboxylic acids is 1. The zero-order chi connectivity index (χ0) is 19.0. The molecule has 0 aliphatic heterocycles. The van der Waals surface area contributed by atoms with Gasteiger partial charge in [0.2, 0.25) is 0 Å². The second-order valence-electron chi connectivity index (χ2n) is 6.02. The molecule has 0 spiro atoms. The molecule has 0 bridgehead atoms. The maximum absolute atomic E-state index is 12.5. The summed E-state index contributed by atoms with van der Waals surface area (Å²) in [6.45, 7) is 3.16. The van der Waals surface area contributed by atoms with Crippen molar-refractivity contribution in [2.24, 2.45) is 7.05 Å². The van der Waals surface area contributed by atoms with Crippen molar-refractivity contribution in [1.29, 1.82) is 0 Å². The molecule has 10 heteroatoms. The summed E-state index contributed by atoms with van der Waals surface area (Å²) in [7, 11) is 1.83. The number of amides is 1. The number of nitrogens with zero attached hydrogens (tertiary/aromatic N) is 7. The first-order chi connectivity index (χ1) is 13.0. The summed E-state index contributed by atoms with van der Waals surface area (Å²) in [6, 6.07) is 3.48. The zero-order valence-electron chi connectivity index (χ0n) is 14.8. The largest absolute Gasteiger partial charge is 0.346 e. The topological polar surface area (TPSA) is 94.9 Å². The summed E-state index contributed by atoms with van der Waals surface area (Å²) in [5.41, 5.74) is 3.30. The maximum Gasteiger partial charge on any atom is 0.272 e. The minimum Gasteiger partial charge on any atom is -0.346 e. The highest BCUT2D eigenvalue weighted by Crippen LogP contribution is 2.26. The van der Waals surface area contributed by atoms with Gasteiger partial charge in [-0.25, -0.2) is 9.50 Å². The molecule has 0 radical (unpaired) electrons. The first kappa shape index (κ1) is 17.4. The Kier molecular flexibility index (Phi) is 4.48. The quantitative estimate of drug-likeness (QED) is 0.524. The molecule has 1 amide bonds. The average molecular weight is 429 g/mol. The Morgan fingerprint density at radius 2 is 2.15 bits per heavy atom. The van der Waals surface area contributed by atoms with Gasteiger partial charge in [0, 0.05) is 50.4 Å². The highest BCUT2D eigenvalue weighted by atomic mass is 79.9. The van der Waals surface area contributed by atoms with Crippen LogP contribution in [0.25, 0.3) is 17.0 Å². The number of fused-ring (bicyclic) bond motifs is 1. The Morgan fingerprint density at radius 1 is 1.30 bits per heavy atom. The van der Waals surface area contributed by atoms with E-state index >= 15 is 0 Å². The van der Waals surface area contributed by atoms with Gasteiger partial charge in [0.15, 0.2) is 11.3 Å². The van der Waals surface area contributed by atoms with Crippen molar-refractivity contribution in [2.75, 3.05) is 0 Å². The van der Waals surface area contributed by atoms with Gasteiger partial charge in [-0.05, 0) is 28.9 Å². The zero-order valence-corrected chi connectivity index (χ0v) is 16.4. The van der Waals surface area contributed by atoms with Gasteiger partial charge in [0.25, 0.3) is 5.91 Å². The minimum atomic E-state index is -0.270. The van der Waals surface area contributed by atoms with E-state index in [9.17, 15) is 4.79 Å². The van der Waals surface area contributed by atoms with Gasteiger partial charge in [0.1, 0.15) is 5.69 Å². The van der Waals surface area contributed by atoms with Gasteiger partial charge in [0.05, 0.1) is 16.4 Å². The van der Waals surface area contributed by atoms with Crippen molar-refractivity contribution >= 4 is 27.5 Å². The number of aromatic nitrogens is 7. The molecule has 4 aromatic rings. The van der Waals surface area contributed by atoms with Crippen LogP contribution in [0.4, 0.5) is 0 Å². The Labute approximate surface area is 163 Å². The lowest BCUT2D eigenvalue weighted by atomic mass is 10.3. The third-order valence-electron chi connectivity index (χ3n) is 4.09. The molecule has 9 nitrogen and oxygen atoms in total. The van der Waals surface area contributed by atoms with Crippen molar-refractivity contribution < 1.29 is 4.79 Å². The molecular formula is C17H17BrN8O. The summed E-state index contributed by atoms with van der Waals surface area (Å²) < 4.78 is 6.01. The summed E-state index contributed by atoms with van der Waals surface area (Å²) in [6.07, 6.45) is 7.16. The Hall–Kier alpha value is -3.01. The highest BCUT2D eigenvalue weighted by molar-refractivity contribution is 9.10. The average Bonchev–Trinajstić information content (AvgIpc) is 3.37. The lowest BCUT2D eigenvalue weighted by Crippen LogP contribution is -2.23. The molecule has 0 saturated heterocycles. The van der Waals surface area contributed by atoms with Crippen molar-refractivity contribution in [3.8, 4) is 11.4 Å². The third kappa shape index (κ3) is 3.35. The Balaban J connectivity index is 1.64. The monoisotopic (exact) mass is 428 g/mol. The molecule has 1 N–H and O–H groups in total. The molecule has 0 saturated carbocycles. The second-order valence-corrected chi connectivity index (χ2v) is 6.87.